The molecule has 0 aliphatic rings. The highest BCUT2D eigenvalue weighted by Gasteiger charge is 2.11. The number of aromatic hydroxyl groups is 1. The Morgan fingerprint density at radius 2 is 2.19 bits per heavy atom. The summed E-state index contributed by atoms with van der Waals surface area (Å²) in [4.78, 5) is 17.4. The van der Waals surface area contributed by atoms with Crippen molar-refractivity contribution in [3.63, 3.8) is 0 Å². The van der Waals surface area contributed by atoms with E-state index in [0.717, 1.165) is 0 Å². The van der Waals surface area contributed by atoms with Crippen molar-refractivity contribution >= 4 is 11.9 Å². The number of imidazole rings is 1. The van der Waals surface area contributed by atoms with E-state index in [0.29, 0.717) is 11.3 Å². The molecule has 2 aromatic rings. The number of rotatable bonds is 2. The minimum absolute atomic E-state index is 0.161. The third-order valence-corrected chi connectivity index (χ3v) is 2.13. The summed E-state index contributed by atoms with van der Waals surface area (Å²) < 4.78 is 0. The van der Waals surface area contributed by atoms with Gasteiger partial charge in [0.25, 0.3) is 0 Å². The fourth-order valence-electron chi connectivity index (χ4n) is 1.36. The van der Waals surface area contributed by atoms with E-state index in [1.54, 1.807) is 6.07 Å². The minimum Gasteiger partial charge on any atom is -0.507 e. The van der Waals surface area contributed by atoms with Crippen LogP contribution in [-0.2, 0) is 0 Å². The summed E-state index contributed by atoms with van der Waals surface area (Å²) in [7, 11) is 0. The van der Waals surface area contributed by atoms with E-state index in [9.17, 15) is 9.90 Å². The van der Waals surface area contributed by atoms with E-state index >= 15 is 0 Å². The molecule has 1 heterocycles. The van der Waals surface area contributed by atoms with Crippen molar-refractivity contribution in [2.75, 3.05) is 5.73 Å². The topological polar surface area (TPSA) is 112 Å². The van der Waals surface area contributed by atoms with Crippen LogP contribution >= 0.6 is 0 Å². The number of nitrogens with one attached hydrogen (secondary N) is 1. The molecule has 0 aliphatic heterocycles. The number of phenols is 1. The van der Waals surface area contributed by atoms with Crippen molar-refractivity contribution < 1.29 is 15.0 Å². The number of aromatic nitrogens is 2. The van der Waals surface area contributed by atoms with Crippen LogP contribution in [0.4, 0.5) is 5.95 Å². The molecule has 0 bridgehead atoms. The van der Waals surface area contributed by atoms with Gasteiger partial charge in [-0.25, -0.2) is 9.78 Å². The normalized spacial score (nSPS) is 10.2. The quantitative estimate of drug-likeness (QED) is 0.603. The lowest BCUT2D eigenvalue weighted by Gasteiger charge is -2.02. The van der Waals surface area contributed by atoms with Crippen LogP contribution in [-0.4, -0.2) is 26.2 Å². The summed E-state index contributed by atoms with van der Waals surface area (Å²) in [5, 5.41) is 18.2. The first kappa shape index (κ1) is 10.0. The highest BCUT2D eigenvalue weighted by molar-refractivity contribution is 5.92. The second kappa shape index (κ2) is 3.58. The van der Waals surface area contributed by atoms with Gasteiger partial charge in [-0.15, -0.1) is 0 Å². The number of hydrogen-bond donors (Lipinski definition) is 4. The molecule has 0 radical (unpaired) electrons. The number of hydrogen-bond acceptors (Lipinski definition) is 4. The van der Waals surface area contributed by atoms with Crippen molar-refractivity contribution in [1.82, 2.24) is 9.97 Å². The van der Waals surface area contributed by atoms with Gasteiger partial charge in [0.2, 0.25) is 0 Å². The zero-order valence-electron chi connectivity index (χ0n) is 8.14. The number of nitrogens with zero attached hydrogens (tertiary/aromatic N) is 1. The molecule has 0 spiro atoms. The zero-order chi connectivity index (χ0) is 11.7. The predicted molar refractivity (Wildman–Crippen MR) is 57.1 cm³/mol. The minimum atomic E-state index is -1.19. The summed E-state index contributed by atoms with van der Waals surface area (Å²) in [5.41, 5.74) is 6.44. The maximum atomic E-state index is 10.8. The van der Waals surface area contributed by atoms with E-state index in [4.69, 9.17) is 10.8 Å². The first-order chi connectivity index (χ1) is 7.58. The standard InChI is InChI=1S/C10H9N3O3/c11-10-12-4-7(13-10)5-1-2-8(14)6(3-5)9(15)16/h1-4,14H,(H,15,16)(H3,11,12,13). The number of anilines is 1. The Bertz CT molecular complexity index is 548. The molecule has 82 valence electrons. The zero-order valence-corrected chi connectivity index (χ0v) is 8.14. The molecule has 0 saturated heterocycles. The number of carbonyl (C=O) groups is 1. The van der Waals surface area contributed by atoms with E-state index < -0.39 is 5.97 Å². The van der Waals surface area contributed by atoms with Gasteiger partial charge in [-0.05, 0) is 18.2 Å². The van der Waals surface area contributed by atoms with Crippen LogP contribution in [0.1, 0.15) is 10.4 Å². The molecule has 1 aromatic carbocycles. The van der Waals surface area contributed by atoms with Crippen LogP contribution in [0, 0.1) is 0 Å². The largest absolute Gasteiger partial charge is 0.507 e. The molecule has 0 amide bonds. The van der Waals surface area contributed by atoms with Crippen molar-refractivity contribution in [3.05, 3.63) is 30.0 Å². The lowest BCUT2D eigenvalue weighted by Crippen LogP contribution is -1.97. The number of carboxylic acids is 1. The van der Waals surface area contributed by atoms with Crippen molar-refractivity contribution in [2.24, 2.45) is 0 Å². The summed E-state index contributed by atoms with van der Waals surface area (Å²) in [6.07, 6.45) is 1.49. The smallest absolute Gasteiger partial charge is 0.339 e. The number of benzene rings is 1. The molecule has 6 nitrogen and oxygen atoms in total. The molecule has 16 heavy (non-hydrogen) atoms. The average molecular weight is 219 g/mol. The maximum absolute atomic E-state index is 10.8. The van der Waals surface area contributed by atoms with Gasteiger partial charge in [-0.1, -0.05) is 0 Å². The van der Waals surface area contributed by atoms with Crippen LogP contribution in [0.25, 0.3) is 11.3 Å². The van der Waals surface area contributed by atoms with Gasteiger partial charge in [-0.2, -0.15) is 0 Å². The molecule has 1 aromatic heterocycles. The third-order valence-electron chi connectivity index (χ3n) is 2.13. The monoisotopic (exact) mass is 219 g/mol. The van der Waals surface area contributed by atoms with E-state index in [1.807, 2.05) is 0 Å². The molecule has 0 aliphatic carbocycles. The Labute approximate surface area is 90.4 Å². The number of nitrogens with two attached hydrogens (primary N) is 1. The van der Waals surface area contributed by atoms with Gasteiger partial charge in [-0.3, -0.25) is 0 Å². The van der Waals surface area contributed by atoms with Crippen LogP contribution in [0.2, 0.25) is 0 Å². The van der Waals surface area contributed by atoms with E-state index in [-0.39, 0.29) is 17.3 Å². The highest BCUT2D eigenvalue weighted by Crippen LogP contribution is 2.25. The molecule has 6 heteroatoms. The van der Waals surface area contributed by atoms with Gasteiger partial charge in [0.15, 0.2) is 5.95 Å². The van der Waals surface area contributed by atoms with Gasteiger partial charge < -0.3 is 20.9 Å². The average Bonchev–Trinajstić information content (AvgIpc) is 2.65. The second-order valence-corrected chi connectivity index (χ2v) is 3.22. The second-order valence-electron chi connectivity index (χ2n) is 3.22. The molecule has 2 rings (SSSR count). The molecular weight excluding hydrogens is 210 g/mol. The van der Waals surface area contributed by atoms with Crippen LogP contribution in [0.3, 0.4) is 0 Å². The SMILES string of the molecule is Nc1ncc(-c2ccc(O)c(C(=O)O)c2)[nH]1. The van der Waals surface area contributed by atoms with Crippen molar-refractivity contribution in [3.8, 4) is 17.0 Å². The summed E-state index contributed by atoms with van der Waals surface area (Å²) in [6, 6.07) is 4.25. The highest BCUT2D eigenvalue weighted by atomic mass is 16.4. The van der Waals surface area contributed by atoms with Gasteiger partial charge in [0.05, 0.1) is 11.9 Å². The van der Waals surface area contributed by atoms with Crippen LogP contribution < -0.4 is 5.73 Å². The van der Waals surface area contributed by atoms with E-state index in [1.165, 1.54) is 18.3 Å². The van der Waals surface area contributed by atoms with Gasteiger partial charge in [0.1, 0.15) is 11.3 Å². The maximum Gasteiger partial charge on any atom is 0.339 e. The number of nitrogen functional groups attached to an aromatic ring is 1. The third kappa shape index (κ3) is 1.68. The van der Waals surface area contributed by atoms with Gasteiger partial charge >= 0.3 is 5.97 Å². The summed E-state index contributed by atoms with van der Waals surface area (Å²) in [5.74, 6) is -1.21. The summed E-state index contributed by atoms with van der Waals surface area (Å²) >= 11 is 0. The fraction of sp³-hybridized carbons (Fsp3) is 0. The lowest BCUT2D eigenvalue weighted by atomic mass is 10.1. The number of H-pyrrole nitrogens is 1. The van der Waals surface area contributed by atoms with Crippen LogP contribution in [0.15, 0.2) is 24.4 Å². The number of aromatic carboxylic acids is 1. The number of carboxylic acid groups (broad SMARTS) is 1. The Morgan fingerprint density at radius 1 is 1.44 bits per heavy atom. The molecule has 0 saturated carbocycles. The molecule has 0 fully saturated rings. The van der Waals surface area contributed by atoms with Crippen LogP contribution in [0.5, 0.6) is 5.75 Å². The molecular formula is C10H9N3O3. The molecule has 0 atom stereocenters. The lowest BCUT2D eigenvalue weighted by molar-refractivity contribution is 0.0694. The first-order valence-corrected chi connectivity index (χ1v) is 4.45. The van der Waals surface area contributed by atoms with Gasteiger partial charge in [0, 0.05) is 5.56 Å². The summed E-state index contributed by atoms with van der Waals surface area (Å²) in [6.45, 7) is 0. The number of aromatic amines is 1. The Hall–Kier alpha value is -2.50. The molecule has 5 N–H and O–H groups in total. The Morgan fingerprint density at radius 3 is 2.75 bits per heavy atom. The van der Waals surface area contributed by atoms with E-state index in [2.05, 4.69) is 9.97 Å². The molecule has 0 unspecified atom stereocenters. The van der Waals surface area contributed by atoms with Crippen molar-refractivity contribution in [2.45, 2.75) is 0 Å². The Balaban J connectivity index is 2.51. The fourth-order valence-corrected chi connectivity index (χ4v) is 1.36. The predicted octanol–water partition coefficient (Wildman–Crippen LogP) is 1.06. The van der Waals surface area contributed by atoms with Crippen molar-refractivity contribution in [1.29, 1.82) is 0 Å². The first-order valence-electron chi connectivity index (χ1n) is 4.45. The Kier molecular flexibility index (Phi) is 2.24.